The summed E-state index contributed by atoms with van der Waals surface area (Å²) in [7, 11) is -4.34. The van der Waals surface area contributed by atoms with Crippen LogP contribution < -0.4 is 11.0 Å². The number of esters is 1. The minimum atomic E-state index is -4.34. The molecule has 5 atom stereocenters. The zero-order valence-electron chi connectivity index (χ0n) is 17.6. The van der Waals surface area contributed by atoms with Crippen LogP contribution in [0, 0.1) is 0 Å². The quantitative estimate of drug-likeness (QED) is 0.332. The van der Waals surface area contributed by atoms with Crippen molar-refractivity contribution in [2.45, 2.75) is 64.1 Å². The molecule has 31 heavy (non-hydrogen) atoms. The molecule has 167 valence electrons. The van der Waals surface area contributed by atoms with Crippen LogP contribution in [0.3, 0.4) is 0 Å². The maximum absolute atomic E-state index is 12.6. The average Bonchev–Trinajstić information content (AvgIpc) is 2.98. The molecule has 2 N–H and O–H groups in total. The number of nitrogens with zero attached hydrogens (tertiary/aromatic N) is 2. The molecule has 2 aliphatic rings. The largest absolute Gasteiger partial charge is 0.472 e. The Morgan fingerprint density at radius 3 is 2.71 bits per heavy atom. The van der Waals surface area contributed by atoms with E-state index in [1.54, 1.807) is 6.92 Å². The van der Waals surface area contributed by atoms with Gasteiger partial charge in [-0.25, -0.2) is 9.36 Å². The summed E-state index contributed by atoms with van der Waals surface area (Å²) in [4.78, 5) is 49.8. The second kappa shape index (κ2) is 11.2. The van der Waals surface area contributed by atoms with Crippen LogP contribution in [0.5, 0.6) is 0 Å². The van der Waals surface area contributed by atoms with E-state index in [9.17, 15) is 23.8 Å². The standard InChI is InChI=1S/C17H24N3O9P.Na/c1-3-5-12(21)18-11-7-8-20(17(23)19-11)16-15(28-13(22)6-4-2)14-10(27-16)9-26-30(24,25)29-14;/h7-8,10,14-16H,3-6,9H2,1-2H3,(H,24,25)(H,18,19,21,23);/t10-,14-,15-,16-;/m1./s1. The zero-order chi connectivity index (χ0) is 21.9. The van der Waals surface area contributed by atoms with Gasteiger partial charge in [0.25, 0.3) is 0 Å². The summed E-state index contributed by atoms with van der Waals surface area (Å²) in [5.74, 6) is -0.769. The molecule has 0 aromatic carbocycles. The Balaban J connectivity index is 0.00000341. The van der Waals surface area contributed by atoms with Crippen molar-refractivity contribution in [3.05, 3.63) is 22.7 Å². The van der Waals surface area contributed by atoms with Crippen molar-refractivity contribution in [3.8, 4) is 0 Å². The Kier molecular flexibility index (Phi) is 9.41. The van der Waals surface area contributed by atoms with E-state index >= 15 is 0 Å². The molecule has 2 saturated heterocycles. The van der Waals surface area contributed by atoms with Crippen LogP contribution >= 0.6 is 7.82 Å². The summed E-state index contributed by atoms with van der Waals surface area (Å²) in [6.07, 6.45) is -1.35. The van der Waals surface area contributed by atoms with E-state index in [1.807, 2.05) is 6.92 Å². The molecule has 2 fully saturated rings. The molecular formula is C17H24N3NaO9P. The van der Waals surface area contributed by atoms with Crippen molar-refractivity contribution in [1.29, 1.82) is 0 Å². The predicted molar refractivity (Wildman–Crippen MR) is 107 cm³/mol. The molecule has 3 rings (SSSR count). The number of amides is 1. The summed E-state index contributed by atoms with van der Waals surface area (Å²) in [6, 6.07) is 1.40. The molecule has 3 heterocycles. The van der Waals surface area contributed by atoms with Crippen molar-refractivity contribution >= 4 is 55.1 Å². The molecular weight excluding hydrogens is 444 g/mol. The molecule has 1 aromatic rings. The second-order valence-corrected chi connectivity index (χ2v) is 8.31. The van der Waals surface area contributed by atoms with Crippen LogP contribution in [0.1, 0.15) is 45.8 Å². The first-order valence-electron chi connectivity index (χ1n) is 9.63. The van der Waals surface area contributed by atoms with Gasteiger partial charge in [0.2, 0.25) is 5.91 Å². The van der Waals surface area contributed by atoms with Crippen molar-refractivity contribution in [1.82, 2.24) is 9.55 Å². The molecule has 0 aliphatic carbocycles. The summed E-state index contributed by atoms with van der Waals surface area (Å²) in [6.45, 7) is 3.36. The Hall–Kier alpha value is -1.11. The fraction of sp³-hybridized carbons (Fsp3) is 0.647. The van der Waals surface area contributed by atoms with Crippen molar-refractivity contribution in [2.24, 2.45) is 0 Å². The van der Waals surface area contributed by atoms with E-state index < -0.39 is 44.0 Å². The normalized spacial score (nSPS) is 29.5. The third-order valence-corrected chi connectivity index (χ3v) is 5.50. The summed E-state index contributed by atoms with van der Waals surface area (Å²) in [5.41, 5.74) is -0.766. The number of carbonyl (C=O) groups is 2. The minimum absolute atomic E-state index is 0. The fourth-order valence-electron chi connectivity index (χ4n) is 3.19. The SMILES string of the molecule is CCCC(=O)Nc1ccn([C@@H]2O[C@@H]3COP(=O)(O)O[C@H]3[C@H]2OC(=O)CCC)c(=O)n1.[Na]. The molecule has 1 amide bonds. The number of phosphoric ester groups is 1. The molecule has 14 heteroatoms. The van der Waals surface area contributed by atoms with Gasteiger partial charge < -0.3 is 19.7 Å². The van der Waals surface area contributed by atoms with E-state index in [4.69, 9.17) is 18.5 Å². The van der Waals surface area contributed by atoms with Gasteiger partial charge in [-0.2, -0.15) is 4.98 Å². The second-order valence-electron chi connectivity index (χ2n) is 6.90. The first-order valence-corrected chi connectivity index (χ1v) is 11.1. The predicted octanol–water partition coefficient (Wildman–Crippen LogP) is 0.726. The number of aromatic nitrogens is 2. The van der Waals surface area contributed by atoms with Crippen LogP contribution in [-0.4, -0.2) is 80.8 Å². The summed E-state index contributed by atoms with van der Waals surface area (Å²) < 4.78 is 33.9. The Morgan fingerprint density at radius 1 is 1.35 bits per heavy atom. The summed E-state index contributed by atoms with van der Waals surface area (Å²) in [5, 5.41) is 2.52. The van der Waals surface area contributed by atoms with Gasteiger partial charge >= 0.3 is 19.5 Å². The van der Waals surface area contributed by atoms with Gasteiger partial charge in [0.05, 0.1) is 6.61 Å². The monoisotopic (exact) mass is 468 g/mol. The maximum Gasteiger partial charge on any atom is 0.472 e. The molecule has 0 bridgehead atoms. The average molecular weight is 468 g/mol. The zero-order valence-corrected chi connectivity index (χ0v) is 20.4. The van der Waals surface area contributed by atoms with E-state index in [2.05, 4.69) is 10.3 Å². The third kappa shape index (κ3) is 6.45. The fourth-order valence-corrected chi connectivity index (χ4v) is 4.15. The number of hydrogen-bond donors (Lipinski definition) is 2. The van der Waals surface area contributed by atoms with Crippen molar-refractivity contribution in [2.75, 3.05) is 11.9 Å². The molecule has 1 aromatic heterocycles. The van der Waals surface area contributed by atoms with Crippen LogP contribution in [-0.2, 0) is 32.7 Å². The van der Waals surface area contributed by atoms with Crippen LogP contribution in [0.25, 0.3) is 0 Å². The van der Waals surface area contributed by atoms with Gasteiger partial charge in [-0.3, -0.25) is 23.2 Å². The molecule has 0 saturated carbocycles. The topological polar surface area (TPSA) is 155 Å². The van der Waals surface area contributed by atoms with Crippen LogP contribution in [0.15, 0.2) is 17.1 Å². The van der Waals surface area contributed by atoms with E-state index in [-0.39, 0.29) is 60.7 Å². The first-order chi connectivity index (χ1) is 14.2. The van der Waals surface area contributed by atoms with Crippen LogP contribution in [0.2, 0.25) is 0 Å². The van der Waals surface area contributed by atoms with Gasteiger partial charge in [-0.15, -0.1) is 0 Å². The van der Waals surface area contributed by atoms with E-state index in [0.717, 1.165) is 4.57 Å². The van der Waals surface area contributed by atoms with Gasteiger partial charge in [0.1, 0.15) is 18.0 Å². The Labute approximate surface area is 200 Å². The smallest absolute Gasteiger partial charge is 0.455 e. The van der Waals surface area contributed by atoms with Crippen LogP contribution in [0.4, 0.5) is 5.82 Å². The van der Waals surface area contributed by atoms with Gasteiger partial charge in [0, 0.05) is 48.6 Å². The number of ether oxygens (including phenoxy) is 2. The Bertz CT molecular complexity index is 911. The number of fused-ring (bicyclic) bond motifs is 1. The Morgan fingerprint density at radius 2 is 2.06 bits per heavy atom. The molecule has 0 spiro atoms. The molecule has 12 nitrogen and oxygen atoms in total. The number of phosphoric acid groups is 1. The van der Waals surface area contributed by atoms with Gasteiger partial charge in [-0.05, 0) is 18.9 Å². The third-order valence-electron chi connectivity index (χ3n) is 4.51. The van der Waals surface area contributed by atoms with Crippen molar-refractivity contribution in [3.63, 3.8) is 0 Å². The molecule has 1 unspecified atom stereocenters. The van der Waals surface area contributed by atoms with Gasteiger partial charge in [-0.1, -0.05) is 13.8 Å². The molecule has 2 aliphatic heterocycles. The number of rotatable bonds is 7. The summed E-state index contributed by atoms with van der Waals surface area (Å²) >= 11 is 0. The number of carbonyl (C=O) groups excluding carboxylic acids is 2. The first kappa shape index (κ1) is 26.1. The van der Waals surface area contributed by atoms with E-state index in [1.165, 1.54) is 12.3 Å². The maximum atomic E-state index is 12.6. The van der Waals surface area contributed by atoms with Crippen molar-refractivity contribution < 1.29 is 37.6 Å². The minimum Gasteiger partial charge on any atom is -0.455 e. The van der Waals surface area contributed by atoms with Gasteiger partial charge in [0.15, 0.2) is 12.3 Å². The number of nitrogens with one attached hydrogen (secondary N) is 1. The van der Waals surface area contributed by atoms with E-state index in [0.29, 0.717) is 12.8 Å². The number of hydrogen-bond acceptors (Lipinski definition) is 9. The molecule has 1 radical (unpaired) electrons. The number of anilines is 1.